The maximum Gasteiger partial charge on any atom is 0.160 e. The summed E-state index contributed by atoms with van der Waals surface area (Å²) >= 11 is 0. The fraction of sp³-hybridized carbons (Fsp3) is 0.267. The van der Waals surface area contributed by atoms with Crippen LogP contribution in [0.25, 0.3) is 0 Å². The molecule has 0 fully saturated rings. The Morgan fingerprint density at radius 1 is 1.24 bits per heavy atom. The van der Waals surface area contributed by atoms with Gasteiger partial charge in [0, 0.05) is 11.8 Å². The average molecular weight is 291 g/mol. The van der Waals surface area contributed by atoms with Gasteiger partial charge in [-0.05, 0) is 30.2 Å². The predicted octanol–water partition coefficient (Wildman–Crippen LogP) is 1.99. The molecule has 0 aliphatic rings. The Hall–Kier alpha value is -2.18. The number of nitrogens with one attached hydrogen (secondary N) is 1. The molecule has 0 amide bonds. The van der Waals surface area contributed by atoms with Gasteiger partial charge in [-0.1, -0.05) is 6.07 Å². The lowest BCUT2D eigenvalue weighted by Crippen LogP contribution is -2.30. The number of rotatable bonds is 6. The van der Waals surface area contributed by atoms with Crippen molar-refractivity contribution in [1.82, 2.24) is 10.4 Å². The summed E-state index contributed by atoms with van der Waals surface area (Å²) in [5.74, 6) is 6.44. The summed E-state index contributed by atoms with van der Waals surface area (Å²) in [5.41, 5.74) is 4.06. The van der Waals surface area contributed by atoms with Crippen molar-refractivity contribution in [3.8, 4) is 11.5 Å². The van der Waals surface area contributed by atoms with Crippen LogP contribution in [-0.2, 0) is 6.42 Å². The molecular weight excluding hydrogens is 273 g/mol. The van der Waals surface area contributed by atoms with Crippen LogP contribution in [0.5, 0.6) is 11.5 Å². The molecule has 6 heteroatoms. The number of hydrazine groups is 1. The molecule has 0 spiro atoms. The third kappa shape index (κ3) is 3.48. The van der Waals surface area contributed by atoms with E-state index in [2.05, 4.69) is 10.4 Å². The molecule has 21 heavy (non-hydrogen) atoms. The molecule has 1 atom stereocenters. The summed E-state index contributed by atoms with van der Waals surface area (Å²) in [4.78, 5) is 3.74. The molecule has 3 N–H and O–H groups in total. The van der Waals surface area contributed by atoms with Gasteiger partial charge in [0.1, 0.15) is 5.82 Å². The van der Waals surface area contributed by atoms with E-state index in [9.17, 15) is 4.39 Å². The molecule has 1 aromatic heterocycles. The Morgan fingerprint density at radius 3 is 2.62 bits per heavy atom. The maximum atomic E-state index is 13.8. The first-order valence-corrected chi connectivity index (χ1v) is 6.46. The van der Waals surface area contributed by atoms with Gasteiger partial charge in [0.25, 0.3) is 0 Å². The molecule has 0 saturated carbocycles. The monoisotopic (exact) mass is 291 g/mol. The van der Waals surface area contributed by atoms with Crippen molar-refractivity contribution < 1.29 is 13.9 Å². The van der Waals surface area contributed by atoms with Gasteiger partial charge < -0.3 is 9.47 Å². The number of halogens is 1. The van der Waals surface area contributed by atoms with E-state index < -0.39 is 0 Å². The van der Waals surface area contributed by atoms with Crippen molar-refractivity contribution in [3.05, 3.63) is 53.6 Å². The molecule has 0 bridgehead atoms. The van der Waals surface area contributed by atoms with Gasteiger partial charge in [-0.3, -0.25) is 16.3 Å². The largest absolute Gasteiger partial charge is 0.493 e. The standard InChI is InChI=1S/C15H18FN3O2/c1-20-14-4-3-10(8-15(14)21-2)7-13(19-17)11-5-6-18-9-12(11)16/h3-6,8-9,13,19H,7,17H2,1-2H3. The van der Waals surface area contributed by atoms with Crippen molar-refractivity contribution in [2.45, 2.75) is 12.5 Å². The smallest absolute Gasteiger partial charge is 0.160 e. The summed E-state index contributed by atoms with van der Waals surface area (Å²) in [6.07, 6.45) is 3.23. The molecule has 0 saturated heterocycles. The number of hydrogen-bond donors (Lipinski definition) is 2. The van der Waals surface area contributed by atoms with Gasteiger partial charge in [-0.2, -0.15) is 0 Å². The molecule has 1 aromatic carbocycles. The van der Waals surface area contributed by atoms with Crippen molar-refractivity contribution in [3.63, 3.8) is 0 Å². The number of nitrogens with two attached hydrogens (primary N) is 1. The van der Waals surface area contributed by atoms with Crippen LogP contribution in [0.4, 0.5) is 4.39 Å². The number of ether oxygens (including phenoxy) is 2. The first-order valence-electron chi connectivity index (χ1n) is 6.46. The van der Waals surface area contributed by atoms with Gasteiger partial charge >= 0.3 is 0 Å². The summed E-state index contributed by atoms with van der Waals surface area (Å²) in [6.45, 7) is 0. The molecule has 0 aliphatic carbocycles. The third-order valence-electron chi connectivity index (χ3n) is 3.27. The summed E-state index contributed by atoms with van der Waals surface area (Å²) in [7, 11) is 3.15. The SMILES string of the molecule is COc1ccc(CC(NN)c2ccncc2F)cc1OC. The number of nitrogens with zero attached hydrogens (tertiary/aromatic N) is 1. The lowest BCUT2D eigenvalue weighted by molar-refractivity contribution is 0.354. The lowest BCUT2D eigenvalue weighted by Gasteiger charge is -2.18. The van der Waals surface area contributed by atoms with Crippen LogP contribution >= 0.6 is 0 Å². The maximum absolute atomic E-state index is 13.8. The van der Waals surface area contributed by atoms with E-state index >= 15 is 0 Å². The van der Waals surface area contributed by atoms with E-state index in [0.717, 1.165) is 5.56 Å². The van der Waals surface area contributed by atoms with Crippen molar-refractivity contribution in [2.24, 2.45) is 5.84 Å². The fourth-order valence-corrected chi connectivity index (χ4v) is 2.17. The third-order valence-corrected chi connectivity index (χ3v) is 3.27. The summed E-state index contributed by atoms with van der Waals surface area (Å²) in [6, 6.07) is 6.81. The molecular formula is C15H18FN3O2. The molecule has 1 heterocycles. The van der Waals surface area contributed by atoms with E-state index in [1.807, 2.05) is 18.2 Å². The number of pyridine rings is 1. The van der Waals surface area contributed by atoms with Crippen molar-refractivity contribution in [1.29, 1.82) is 0 Å². The first kappa shape index (κ1) is 15.2. The number of aromatic nitrogens is 1. The molecule has 2 aromatic rings. The predicted molar refractivity (Wildman–Crippen MR) is 77.5 cm³/mol. The van der Waals surface area contributed by atoms with E-state index in [1.165, 1.54) is 12.4 Å². The van der Waals surface area contributed by atoms with Crippen LogP contribution in [0.3, 0.4) is 0 Å². The Labute approximate surface area is 122 Å². The highest BCUT2D eigenvalue weighted by atomic mass is 19.1. The highest BCUT2D eigenvalue weighted by Crippen LogP contribution is 2.29. The lowest BCUT2D eigenvalue weighted by atomic mass is 9.99. The highest BCUT2D eigenvalue weighted by Gasteiger charge is 2.16. The zero-order valence-corrected chi connectivity index (χ0v) is 12.0. The van der Waals surface area contributed by atoms with E-state index in [4.69, 9.17) is 15.3 Å². The van der Waals surface area contributed by atoms with Crippen LogP contribution in [0, 0.1) is 5.82 Å². The number of hydrogen-bond acceptors (Lipinski definition) is 5. The van der Waals surface area contributed by atoms with Gasteiger partial charge in [-0.25, -0.2) is 4.39 Å². The van der Waals surface area contributed by atoms with Gasteiger partial charge in [0.2, 0.25) is 0 Å². The average Bonchev–Trinajstić information content (AvgIpc) is 2.53. The second kappa shape index (κ2) is 7.01. The second-order valence-corrected chi connectivity index (χ2v) is 4.51. The molecule has 112 valence electrons. The Morgan fingerprint density at radius 2 is 2.00 bits per heavy atom. The normalized spacial score (nSPS) is 12.0. The molecule has 5 nitrogen and oxygen atoms in total. The first-order chi connectivity index (χ1) is 10.2. The Kier molecular flexibility index (Phi) is 5.08. The molecule has 2 rings (SSSR count). The van der Waals surface area contributed by atoms with Crippen LogP contribution in [0.1, 0.15) is 17.2 Å². The fourth-order valence-electron chi connectivity index (χ4n) is 2.17. The van der Waals surface area contributed by atoms with Crippen LogP contribution in [0.2, 0.25) is 0 Å². The second-order valence-electron chi connectivity index (χ2n) is 4.51. The van der Waals surface area contributed by atoms with Crippen molar-refractivity contribution >= 4 is 0 Å². The van der Waals surface area contributed by atoms with Crippen LogP contribution in [0.15, 0.2) is 36.7 Å². The van der Waals surface area contributed by atoms with Crippen molar-refractivity contribution in [2.75, 3.05) is 14.2 Å². The Balaban J connectivity index is 2.25. The topological polar surface area (TPSA) is 69.4 Å². The summed E-state index contributed by atoms with van der Waals surface area (Å²) in [5, 5.41) is 0. The molecule has 0 aliphatic heterocycles. The minimum Gasteiger partial charge on any atom is -0.493 e. The number of benzene rings is 1. The van der Waals surface area contributed by atoms with Gasteiger partial charge in [-0.15, -0.1) is 0 Å². The summed E-state index contributed by atoms with van der Waals surface area (Å²) < 4.78 is 24.2. The Bertz CT molecular complexity index is 607. The van der Waals surface area contributed by atoms with E-state index in [-0.39, 0.29) is 11.9 Å². The zero-order chi connectivity index (χ0) is 15.2. The quantitative estimate of drug-likeness (QED) is 0.629. The van der Waals surface area contributed by atoms with Gasteiger partial charge in [0.15, 0.2) is 11.5 Å². The van der Waals surface area contributed by atoms with E-state index in [0.29, 0.717) is 23.5 Å². The van der Waals surface area contributed by atoms with Crippen LogP contribution < -0.4 is 20.7 Å². The van der Waals surface area contributed by atoms with Gasteiger partial charge in [0.05, 0.1) is 26.5 Å². The zero-order valence-electron chi connectivity index (χ0n) is 12.0. The number of methoxy groups -OCH3 is 2. The minimum absolute atomic E-state index is 0.355. The highest BCUT2D eigenvalue weighted by molar-refractivity contribution is 5.43. The van der Waals surface area contributed by atoms with Crippen LogP contribution in [-0.4, -0.2) is 19.2 Å². The molecule has 1 unspecified atom stereocenters. The minimum atomic E-state index is -0.388. The van der Waals surface area contributed by atoms with E-state index in [1.54, 1.807) is 20.3 Å². The molecule has 0 radical (unpaired) electrons.